The maximum Gasteiger partial charge on any atom is 0.335 e. The maximum absolute atomic E-state index is 11.0. The van der Waals surface area contributed by atoms with Crippen molar-refractivity contribution in [3.05, 3.63) is 29.3 Å². The molecule has 1 aromatic carbocycles. The molecule has 4 heteroatoms. The van der Waals surface area contributed by atoms with Gasteiger partial charge in [-0.15, -0.1) is 0 Å². The average molecular weight is 263 g/mol. The van der Waals surface area contributed by atoms with Crippen molar-refractivity contribution >= 4 is 11.7 Å². The predicted molar refractivity (Wildman–Crippen MR) is 74.8 cm³/mol. The number of rotatable bonds is 4. The van der Waals surface area contributed by atoms with E-state index in [9.17, 15) is 9.90 Å². The third-order valence-electron chi connectivity index (χ3n) is 3.76. The molecule has 0 spiro atoms. The molecule has 0 amide bonds. The normalized spacial score (nSPS) is 20.6. The zero-order valence-electron chi connectivity index (χ0n) is 11.5. The van der Waals surface area contributed by atoms with Gasteiger partial charge in [0.1, 0.15) is 0 Å². The van der Waals surface area contributed by atoms with Gasteiger partial charge >= 0.3 is 5.97 Å². The quantitative estimate of drug-likeness (QED) is 0.876. The van der Waals surface area contributed by atoms with Crippen molar-refractivity contribution in [3.8, 4) is 0 Å². The molecule has 1 saturated heterocycles. The van der Waals surface area contributed by atoms with Gasteiger partial charge in [-0.1, -0.05) is 0 Å². The zero-order valence-corrected chi connectivity index (χ0v) is 11.5. The molecule has 19 heavy (non-hydrogen) atoms. The highest BCUT2D eigenvalue weighted by Crippen LogP contribution is 2.29. The molecule has 0 aliphatic carbocycles. The monoisotopic (exact) mass is 263 g/mol. The molecule has 0 radical (unpaired) electrons. The van der Waals surface area contributed by atoms with E-state index in [1.807, 2.05) is 26.0 Å². The second-order valence-corrected chi connectivity index (χ2v) is 5.38. The summed E-state index contributed by atoms with van der Waals surface area (Å²) in [5.41, 5.74) is 2.20. The Labute approximate surface area is 113 Å². The van der Waals surface area contributed by atoms with Crippen LogP contribution in [0, 0.1) is 6.92 Å². The zero-order chi connectivity index (χ0) is 14.0. The van der Waals surface area contributed by atoms with Gasteiger partial charge in [-0.25, -0.2) is 4.79 Å². The van der Waals surface area contributed by atoms with Crippen molar-refractivity contribution in [2.24, 2.45) is 0 Å². The van der Waals surface area contributed by atoms with Crippen LogP contribution in [-0.4, -0.2) is 34.9 Å². The lowest BCUT2D eigenvalue weighted by Crippen LogP contribution is -2.31. The molecular formula is C15H21NO3. The SMILES string of the molecule is Cc1cc(N2CCCC2CC(C)O)ccc1C(=O)O. The Hall–Kier alpha value is -1.55. The number of carbonyl (C=O) groups is 1. The summed E-state index contributed by atoms with van der Waals surface area (Å²) in [4.78, 5) is 13.3. The number of nitrogens with zero attached hydrogens (tertiary/aromatic N) is 1. The number of carboxylic acid groups (broad SMARTS) is 1. The Bertz CT molecular complexity index is 470. The van der Waals surface area contributed by atoms with Gasteiger partial charge < -0.3 is 15.1 Å². The van der Waals surface area contributed by atoms with Gasteiger partial charge in [0.2, 0.25) is 0 Å². The number of hydrogen-bond acceptors (Lipinski definition) is 3. The maximum atomic E-state index is 11.0. The molecule has 1 aromatic rings. The third-order valence-corrected chi connectivity index (χ3v) is 3.76. The topological polar surface area (TPSA) is 60.8 Å². The van der Waals surface area contributed by atoms with Crippen molar-refractivity contribution in [2.45, 2.75) is 45.3 Å². The fourth-order valence-corrected chi connectivity index (χ4v) is 2.88. The first-order valence-corrected chi connectivity index (χ1v) is 6.77. The van der Waals surface area contributed by atoms with Crippen LogP contribution in [0.4, 0.5) is 5.69 Å². The highest BCUT2D eigenvalue weighted by molar-refractivity contribution is 5.89. The highest BCUT2D eigenvalue weighted by Gasteiger charge is 2.26. The van der Waals surface area contributed by atoms with E-state index in [-0.39, 0.29) is 6.10 Å². The van der Waals surface area contributed by atoms with Crippen LogP contribution in [0.5, 0.6) is 0 Å². The van der Waals surface area contributed by atoms with Crippen LogP contribution in [0.25, 0.3) is 0 Å². The number of aromatic carboxylic acids is 1. The third kappa shape index (κ3) is 3.07. The van der Waals surface area contributed by atoms with Crippen LogP contribution in [0.15, 0.2) is 18.2 Å². The van der Waals surface area contributed by atoms with E-state index in [4.69, 9.17) is 5.11 Å². The van der Waals surface area contributed by atoms with Crippen molar-refractivity contribution in [3.63, 3.8) is 0 Å². The van der Waals surface area contributed by atoms with E-state index >= 15 is 0 Å². The fraction of sp³-hybridized carbons (Fsp3) is 0.533. The number of aryl methyl sites for hydroxylation is 1. The molecule has 2 unspecified atom stereocenters. The molecule has 0 aromatic heterocycles. The van der Waals surface area contributed by atoms with Crippen LogP contribution in [0.1, 0.15) is 42.1 Å². The molecule has 0 saturated carbocycles. The number of anilines is 1. The Balaban J connectivity index is 2.21. The Kier molecular flexibility index (Phi) is 4.10. The van der Waals surface area contributed by atoms with Gasteiger partial charge in [-0.2, -0.15) is 0 Å². The summed E-state index contributed by atoms with van der Waals surface area (Å²) in [6, 6.07) is 5.83. The van der Waals surface area contributed by atoms with Crippen LogP contribution in [-0.2, 0) is 0 Å². The van der Waals surface area contributed by atoms with E-state index in [1.54, 1.807) is 6.07 Å². The molecule has 0 bridgehead atoms. The summed E-state index contributed by atoms with van der Waals surface area (Å²) in [7, 11) is 0. The molecule has 104 valence electrons. The van der Waals surface area contributed by atoms with Crippen LogP contribution >= 0.6 is 0 Å². The molecule has 4 nitrogen and oxygen atoms in total. The van der Waals surface area contributed by atoms with E-state index in [0.29, 0.717) is 11.6 Å². The first-order chi connectivity index (χ1) is 8.99. The second kappa shape index (κ2) is 5.61. The number of aliphatic hydroxyl groups excluding tert-OH is 1. The molecule has 1 aliphatic rings. The van der Waals surface area contributed by atoms with Crippen LogP contribution in [0.2, 0.25) is 0 Å². The van der Waals surface area contributed by atoms with Crippen molar-refractivity contribution < 1.29 is 15.0 Å². The summed E-state index contributed by atoms with van der Waals surface area (Å²) in [5.74, 6) is -0.883. The van der Waals surface area contributed by atoms with E-state index in [1.165, 1.54) is 0 Å². The standard InChI is InChI=1S/C15H21NO3/c1-10-8-13(5-6-14(10)15(18)19)16-7-3-4-12(16)9-11(2)17/h5-6,8,11-12,17H,3-4,7,9H2,1-2H3,(H,18,19). The molecule has 1 heterocycles. The number of carboxylic acids is 1. The van der Waals surface area contributed by atoms with Crippen molar-refractivity contribution in [2.75, 3.05) is 11.4 Å². The molecule has 2 atom stereocenters. The Morgan fingerprint density at radius 1 is 1.53 bits per heavy atom. The van der Waals surface area contributed by atoms with Gasteiger partial charge in [-0.3, -0.25) is 0 Å². The predicted octanol–water partition coefficient (Wildman–Crippen LogP) is 2.43. The number of benzene rings is 1. The number of aliphatic hydroxyl groups is 1. The van der Waals surface area contributed by atoms with Gasteiger partial charge in [0, 0.05) is 18.3 Å². The molecule has 1 aliphatic heterocycles. The largest absolute Gasteiger partial charge is 0.478 e. The lowest BCUT2D eigenvalue weighted by Gasteiger charge is -2.28. The average Bonchev–Trinajstić information content (AvgIpc) is 2.75. The van der Waals surface area contributed by atoms with Crippen molar-refractivity contribution in [1.29, 1.82) is 0 Å². The van der Waals surface area contributed by atoms with Gasteiger partial charge in [-0.05, 0) is 56.9 Å². The molecular weight excluding hydrogens is 242 g/mol. The lowest BCUT2D eigenvalue weighted by molar-refractivity contribution is 0.0696. The van der Waals surface area contributed by atoms with E-state index in [0.717, 1.165) is 37.1 Å². The molecule has 1 fully saturated rings. The highest BCUT2D eigenvalue weighted by atomic mass is 16.4. The van der Waals surface area contributed by atoms with Gasteiger partial charge in [0.25, 0.3) is 0 Å². The summed E-state index contributed by atoms with van der Waals surface area (Å²) in [6.45, 7) is 4.62. The second-order valence-electron chi connectivity index (χ2n) is 5.38. The number of hydrogen-bond donors (Lipinski definition) is 2. The minimum Gasteiger partial charge on any atom is -0.478 e. The Morgan fingerprint density at radius 3 is 2.84 bits per heavy atom. The molecule has 2 N–H and O–H groups in total. The van der Waals surface area contributed by atoms with Crippen molar-refractivity contribution in [1.82, 2.24) is 0 Å². The van der Waals surface area contributed by atoms with Crippen LogP contribution in [0.3, 0.4) is 0 Å². The first-order valence-electron chi connectivity index (χ1n) is 6.77. The summed E-state index contributed by atoms with van der Waals surface area (Å²) in [6.07, 6.45) is 2.67. The van der Waals surface area contributed by atoms with E-state index in [2.05, 4.69) is 4.90 Å². The molecule has 2 rings (SSSR count). The minimum atomic E-state index is -0.883. The van der Waals surface area contributed by atoms with Crippen LogP contribution < -0.4 is 4.90 Å². The van der Waals surface area contributed by atoms with Gasteiger partial charge in [0.15, 0.2) is 0 Å². The van der Waals surface area contributed by atoms with Gasteiger partial charge in [0.05, 0.1) is 11.7 Å². The summed E-state index contributed by atoms with van der Waals surface area (Å²) in [5, 5.41) is 18.6. The summed E-state index contributed by atoms with van der Waals surface area (Å²) >= 11 is 0. The Morgan fingerprint density at radius 2 is 2.26 bits per heavy atom. The van der Waals surface area contributed by atoms with E-state index < -0.39 is 5.97 Å². The fourth-order valence-electron chi connectivity index (χ4n) is 2.88. The minimum absolute atomic E-state index is 0.301. The summed E-state index contributed by atoms with van der Waals surface area (Å²) < 4.78 is 0. The first kappa shape index (κ1) is 13.9. The smallest absolute Gasteiger partial charge is 0.335 e. The lowest BCUT2D eigenvalue weighted by atomic mass is 10.0.